The van der Waals surface area contributed by atoms with Crippen molar-refractivity contribution in [2.75, 3.05) is 10.7 Å². The van der Waals surface area contributed by atoms with Crippen molar-refractivity contribution in [3.8, 4) is 11.5 Å². The number of hydrogen-bond acceptors (Lipinski definition) is 3. The number of nitrogens with zero attached hydrogens (tertiary/aromatic N) is 1. The van der Waals surface area contributed by atoms with Crippen molar-refractivity contribution in [2.45, 2.75) is 5.37 Å². The molecule has 26 heavy (non-hydrogen) atoms. The van der Waals surface area contributed by atoms with Crippen molar-refractivity contribution in [3.05, 3.63) is 89.4 Å². The Labute approximate surface area is 161 Å². The zero-order valence-corrected chi connectivity index (χ0v) is 15.4. The summed E-state index contributed by atoms with van der Waals surface area (Å²) in [4.78, 5) is 14.2. The van der Waals surface area contributed by atoms with Crippen LogP contribution in [0, 0.1) is 0 Å². The Morgan fingerprint density at radius 1 is 0.885 bits per heavy atom. The van der Waals surface area contributed by atoms with Gasteiger partial charge in [0.05, 0.1) is 5.75 Å². The minimum atomic E-state index is -0.0468. The van der Waals surface area contributed by atoms with E-state index >= 15 is 0 Å². The predicted molar refractivity (Wildman–Crippen MR) is 107 cm³/mol. The Bertz CT molecular complexity index is 898. The fourth-order valence-corrected chi connectivity index (χ4v) is 4.18. The summed E-state index contributed by atoms with van der Waals surface area (Å²) in [6.45, 7) is 0. The number of amides is 1. The topological polar surface area (TPSA) is 29.5 Å². The van der Waals surface area contributed by atoms with Crippen LogP contribution in [0.1, 0.15) is 10.9 Å². The lowest BCUT2D eigenvalue weighted by molar-refractivity contribution is -0.115. The van der Waals surface area contributed by atoms with Crippen LogP contribution in [-0.4, -0.2) is 11.7 Å². The molecule has 1 aliphatic rings. The van der Waals surface area contributed by atoms with Crippen molar-refractivity contribution in [2.24, 2.45) is 0 Å². The number of ether oxygens (including phenoxy) is 1. The molecule has 0 N–H and O–H groups in total. The summed E-state index contributed by atoms with van der Waals surface area (Å²) in [6, 6.07) is 24.9. The van der Waals surface area contributed by atoms with Crippen LogP contribution >= 0.6 is 23.4 Å². The lowest BCUT2D eigenvalue weighted by Crippen LogP contribution is -2.27. The molecule has 5 heteroatoms. The first-order chi connectivity index (χ1) is 12.7. The highest BCUT2D eigenvalue weighted by molar-refractivity contribution is 8.00. The number of hydrogen-bond donors (Lipinski definition) is 0. The largest absolute Gasteiger partial charge is 0.457 e. The van der Waals surface area contributed by atoms with Gasteiger partial charge in [-0.1, -0.05) is 41.9 Å². The molecular weight excluding hydrogens is 366 g/mol. The van der Waals surface area contributed by atoms with Crippen molar-refractivity contribution in [1.29, 1.82) is 0 Å². The highest BCUT2D eigenvalue weighted by atomic mass is 35.5. The van der Waals surface area contributed by atoms with Gasteiger partial charge in [-0.15, -0.1) is 11.8 Å². The summed E-state index contributed by atoms with van der Waals surface area (Å²) < 4.78 is 5.84. The number of halogens is 1. The van der Waals surface area contributed by atoms with E-state index in [1.807, 2.05) is 71.6 Å². The van der Waals surface area contributed by atoms with Crippen LogP contribution in [0.4, 0.5) is 5.69 Å². The number of benzene rings is 3. The van der Waals surface area contributed by atoms with E-state index < -0.39 is 0 Å². The van der Waals surface area contributed by atoms with Gasteiger partial charge in [-0.25, -0.2) is 0 Å². The lowest BCUT2D eigenvalue weighted by Gasteiger charge is -2.24. The summed E-state index contributed by atoms with van der Waals surface area (Å²) in [7, 11) is 0. The minimum Gasteiger partial charge on any atom is -0.457 e. The van der Waals surface area contributed by atoms with E-state index in [9.17, 15) is 4.79 Å². The third-order valence-corrected chi connectivity index (χ3v) is 5.58. The maximum atomic E-state index is 12.4. The summed E-state index contributed by atoms with van der Waals surface area (Å²) in [5, 5.41) is 0.612. The van der Waals surface area contributed by atoms with E-state index in [0.717, 1.165) is 22.7 Å². The monoisotopic (exact) mass is 381 g/mol. The quantitative estimate of drug-likeness (QED) is 0.562. The molecule has 1 fully saturated rings. The molecule has 1 heterocycles. The van der Waals surface area contributed by atoms with Gasteiger partial charge in [0, 0.05) is 10.7 Å². The molecule has 0 radical (unpaired) electrons. The fourth-order valence-electron chi connectivity index (χ4n) is 2.88. The molecule has 0 bridgehead atoms. The van der Waals surface area contributed by atoms with Crippen molar-refractivity contribution in [1.82, 2.24) is 0 Å². The molecule has 0 aromatic heterocycles. The smallest absolute Gasteiger partial charge is 0.238 e. The lowest BCUT2D eigenvalue weighted by atomic mass is 10.1. The Kier molecular flexibility index (Phi) is 4.87. The molecular formula is C21H16ClNO2S. The van der Waals surface area contributed by atoms with Gasteiger partial charge in [-0.2, -0.15) is 0 Å². The average Bonchev–Trinajstić information content (AvgIpc) is 3.05. The van der Waals surface area contributed by atoms with E-state index in [1.165, 1.54) is 0 Å². The molecule has 3 aromatic rings. The number of carbonyl (C=O) groups is 1. The summed E-state index contributed by atoms with van der Waals surface area (Å²) >= 11 is 7.59. The Balaban J connectivity index is 1.56. The Morgan fingerprint density at radius 3 is 2.23 bits per heavy atom. The molecule has 0 saturated carbocycles. The maximum absolute atomic E-state index is 12.4. The third kappa shape index (κ3) is 3.57. The zero-order valence-electron chi connectivity index (χ0n) is 13.8. The fraction of sp³-hybridized carbons (Fsp3) is 0.0952. The van der Waals surface area contributed by atoms with Crippen molar-refractivity contribution < 1.29 is 9.53 Å². The SMILES string of the molecule is O=C1CS[C@@H](c2ccc(Oc3ccccc3)cc2)N1c1ccc(Cl)cc1. The first-order valence-electron chi connectivity index (χ1n) is 8.23. The summed E-state index contributed by atoms with van der Waals surface area (Å²) in [6.07, 6.45) is 0. The predicted octanol–water partition coefficient (Wildman–Crippen LogP) is 5.91. The van der Waals surface area contributed by atoms with Crippen LogP contribution in [0.2, 0.25) is 5.02 Å². The Morgan fingerprint density at radius 2 is 1.54 bits per heavy atom. The molecule has 0 unspecified atom stereocenters. The van der Waals surface area contributed by atoms with Gasteiger partial charge in [0.25, 0.3) is 0 Å². The molecule has 1 saturated heterocycles. The first-order valence-corrected chi connectivity index (χ1v) is 9.65. The number of anilines is 1. The van der Waals surface area contributed by atoms with E-state index in [2.05, 4.69) is 0 Å². The average molecular weight is 382 g/mol. The van der Waals surface area contributed by atoms with E-state index in [-0.39, 0.29) is 11.3 Å². The van der Waals surface area contributed by atoms with Gasteiger partial charge in [-0.3, -0.25) is 9.69 Å². The van der Waals surface area contributed by atoms with E-state index in [4.69, 9.17) is 16.3 Å². The van der Waals surface area contributed by atoms with Gasteiger partial charge in [0.1, 0.15) is 16.9 Å². The molecule has 0 spiro atoms. The molecule has 3 nitrogen and oxygen atoms in total. The third-order valence-electron chi connectivity index (χ3n) is 4.12. The van der Waals surface area contributed by atoms with Crippen LogP contribution in [-0.2, 0) is 4.79 Å². The number of thioether (sulfide) groups is 1. The van der Waals surface area contributed by atoms with Gasteiger partial charge < -0.3 is 4.74 Å². The second-order valence-electron chi connectivity index (χ2n) is 5.89. The number of rotatable bonds is 4. The van der Waals surface area contributed by atoms with Gasteiger partial charge >= 0.3 is 0 Å². The van der Waals surface area contributed by atoms with E-state index in [0.29, 0.717) is 10.8 Å². The molecule has 1 atom stereocenters. The van der Waals surface area contributed by atoms with Crippen LogP contribution in [0.25, 0.3) is 0 Å². The van der Waals surface area contributed by atoms with Crippen LogP contribution in [0.3, 0.4) is 0 Å². The van der Waals surface area contributed by atoms with Gasteiger partial charge in [0.2, 0.25) is 5.91 Å². The summed E-state index contributed by atoms with van der Waals surface area (Å²) in [5.74, 6) is 2.14. The number of carbonyl (C=O) groups excluding carboxylic acids is 1. The second-order valence-corrected chi connectivity index (χ2v) is 7.39. The van der Waals surface area contributed by atoms with E-state index in [1.54, 1.807) is 23.9 Å². The maximum Gasteiger partial charge on any atom is 0.238 e. The van der Waals surface area contributed by atoms with Crippen molar-refractivity contribution >= 4 is 35.0 Å². The Hall–Kier alpha value is -2.43. The highest BCUT2D eigenvalue weighted by Gasteiger charge is 2.33. The zero-order chi connectivity index (χ0) is 17.9. The highest BCUT2D eigenvalue weighted by Crippen LogP contribution is 2.42. The van der Waals surface area contributed by atoms with Crippen LogP contribution in [0.5, 0.6) is 11.5 Å². The van der Waals surface area contributed by atoms with Gasteiger partial charge in [-0.05, 0) is 54.1 Å². The molecule has 130 valence electrons. The normalized spacial score (nSPS) is 16.7. The molecule has 3 aromatic carbocycles. The first kappa shape index (κ1) is 17.0. The molecule has 1 aliphatic heterocycles. The minimum absolute atomic E-state index is 0.0468. The van der Waals surface area contributed by atoms with Crippen LogP contribution in [0.15, 0.2) is 78.9 Å². The second kappa shape index (κ2) is 7.44. The van der Waals surface area contributed by atoms with Crippen LogP contribution < -0.4 is 9.64 Å². The number of para-hydroxylation sites is 1. The van der Waals surface area contributed by atoms with Crippen molar-refractivity contribution in [3.63, 3.8) is 0 Å². The summed E-state index contributed by atoms with van der Waals surface area (Å²) in [5.41, 5.74) is 1.93. The molecule has 4 rings (SSSR count). The van der Waals surface area contributed by atoms with Gasteiger partial charge in [0.15, 0.2) is 0 Å². The molecule has 0 aliphatic carbocycles. The molecule has 1 amide bonds. The standard InChI is InChI=1S/C21H16ClNO2S/c22-16-8-10-17(11-9-16)23-20(24)14-26-21(23)15-6-12-19(13-7-15)25-18-4-2-1-3-5-18/h1-13,21H,14H2/t21-/m0/s1.